The quantitative estimate of drug-likeness (QED) is 0.511. The molecule has 0 spiro atoms. The van der Waals surface area contributed by atoms with Gasteiger partial charge in [-0.15, -0.1) is 0 Å². The minimum absolute atomic E-state index is 0.120. The molecule has 3 N–H and O–H groups in total. The highest BCUT2D eigenvalue weighted by Crippen LogP contribution is 2.24. The zero-order valence-electron chi connectivity index (χ0n) is 17.7. The van der Waals surface area contributed by atoms with Crippen LogP contribution in [0.25, 0.3) is 0 Å². The number of hydrogen-bond donors (Lipinski definition) is 3. The van der Waals surface area contributed by atoms with E-state index in [1.165, 1.54) is 0 Å². The Morgan fingerprint density at radius 3 is 2.74 bits per heavy atom. The number of carboxylic acids is 1. The van der Waals surface area contributed by atoms with Gasteiger partial charge in [0.2, 0.25) is 11.8 Å². The van der Waals surface area contributed by atoms with E-state index >= 15 is 0 Å². The van der Waals surface area contributed by atoms with Crippen LogP contribution in [-0.4, -0.2) is 59.0 Å². The van der Waals surface area contributed by atoms with Gasteiger partial charge in [-0.05, 0) is 78.7 Å². The van der Waals surface area contributed by atoms with Crippen molar-refractivity contribution in [2.45, 2.75) is 51.0 Å². The largest absolute Gasteiger partial charge is 0.481 e. The van der Waals surface area contributed by atoms with Gasteiger partial charge in [-0.25, -0.2) is 0 Å². The van der Waals surface area contributed by atoms with Gasteiger partial charge in [-0.1, -0.05) is 0 Å². The van der Waals surface area contributed by atoms with E-state index in [9.17, 15) is 19.5 Å². The summed E-state index contributed by atoms with van der Waals surface area (Å²) in [6, 6.07) is 1.10. The first-order chi connectivity index (χ1) is 14.9. The highest BCUT2D eigenvalue weighted by atomic mass is 79.9. The Bertz CT molecular complexity index is 785. The number of carboxylic acid groups (broad SMARTS) is 1. The zero-order valence-corrected chi connectivity index (χ0v) is 19.3. The monoisotopic (exact) mass is 494 g/mol. The summed E-state index contributed by atoms with van der Waals surface area (Å²) in [5.41, 5.74) is 0.635. The summed E-state index contributed by atoms with van der Waals surface area (Å²) in [5, 5.41) is 15.5. The van der Waals surface area contributed by atoms with E-state index in [1.807, 2.05) is 4.90 Å². The van der Waals surface area contributed by atoms with Crippen molar-refractivity contribution < 1.29 is 19.5 Å². The summed E-state index contributed by atoms with van der Waals surface area (Å²) in [6.07, 6.45) is 8.10. The van der Waals surface area contributed by atoms with E-state index in [1.54, 1.807) is 18.5 Å². The molecule has 1 aromatic rings. The number of likely N-dealkylation sites (tertiary alicyclic amines) is 1. The molecule has 2 aliphatic rings. The highest BCUT2D eigenvalue weighted by Gasteiger charge is 2.30. The fraction of sp³-hybridized carbons (Fsp3) is 0.636. The van der Waals surface area contributed by atoms with Gasteiger partial charge in [-0.2, -0.15) is 0 Å². The predicted molar refractivity (Wildman–Crippen MR) is 119 cm³/mol. The van der Waals surface area contributed by atoms with Gasteiger partial charge in [0, 0.05) is 36.4 Å². The van der Waals surface area contributed by atoms with Crippen molar-refractivity contribution in [2.24, 2.45) is 11.8 Å². The normalized spacial score (nSPS) is 20.8. The number of nitrogens with one attached hydrogen (secondary N) is 2. The van der Waals surface area contributed by atoms with Crippen LogP contribution in [0.3, 0.4) is 0 Å². The summed E-state index contributed by atoms with van der Waals surface area (Å²) in [7, 11) is 0. The fourth-order valence-electron chi connectivity index (χ4n) is 4.41. The first kappa shape index (κ1) is 23.7. The molecule has 3 heterocycles. The smallest absolute Gasteiger partial charge is 0.305 e. The maximum atomic E-state index is 12.9. The van der Waals surface area contributed by atoms with Crippen LogP contribution in [0.1, 0.15) is 56.6 Å². The van der Waals surface area contributed by atoms with Crippen molar-refractivity contribution in [1.82, 2.24) is 20.5 Å². The van der Waals surface area contributed by atoms with Gasteiger partial charge in [0.05, 0.1) is 18.4 Å². The molecular weight excluding hydrogens is 464 g/mol. The Kier molecular flexibility index (Phi) is 8.83. The van der Waals surface area contributed by atoms with Crippen LogP contribution >= 0.6 is 15.9 Å². The van der Waals surface area contributed by atoms with Crippen LogP contribution in [0.2, 0.25) is 0 Å². The lowest BCUT2D eigenvalue weighted by atomic mass is 9.92. The van der Waals surface area contributed by atoms with Crippen molar-refractivity contribution >= 4 is 33.7 Å². The molecule has 9 heteroatoms. The van der Waals surface area contributed by atoms with Gasteiger partial charge in [-0.3, -0.25) is 19.4 Å². The number of piperidine rings is 2. The van der Waals surface area contributed by atoms with Crippen LogP contribution in [0, 0.1) is 11.8 Å². The maximum Gasteiger partial charge on any atom is 0.305 e. The SMILES string of the molecule is O=C(O)CC(NC(=O)[C@@H]1CCCN(C(=O)CCC2CCNCC2)C1)c1cncc(Br)c1. The van der Waals surface area contributed by atoms with Gasteiger partial charge < -0.3 is 20.6 Å². The topological polar surface area (TPSA) is 112 Å². The van der Waals surface area contributed by atoms with E-state index in [0.29, 0.717) is 37.4 Å². The molecule has 3 rings (SSSR count). The Morgan fingerprint density at radius 2 is 2.03 bits per heavy atom. The second-order valence-electron chi connectivity index (χ2n) is 8.51. The number of aromatic nitrogens is 1. The third kappa shape index (κ3) is 7.28. The molecule has 2 amide bonds. The lowest BCUT2D eigenvalue weighted by Crippen LogP contribution is -2.46. The van der Waals surface area contributed by atoms with Gasteiger partial charge in [0.25, 0.3) is 0 Å². The standard InChI is InChI=1S/C22H31BrN4O4/c23-18-10-17(12-25-13-18)19(11-21(29)30)26-22(31)16-2-1-9-27(14-16)20(28)4-3-15-5-7-24-8-6-15/h10,12-13,15-16,19,24H,1-9,11,14H2,(H,26,31)(H,29,30)/t16-,19?/m1/s1. The van der Waals surface area contributed by atoms with Crippen LogP contribution in [0.5, 0.6) is 0 Å². The lowest BCUT2D eigenvalue weighted by Gasteiger charge is -2.33. The molecule has 8 nitrogen and oxygen atoms in total. The predicted octanol–water partition coefficient (Wildman–Crippen LogP) is 2.49. The first-order valence-electron chi connectivity index (χ1n) is 11.0. The fourth-order valence-corrected chi connectivity index (χ4v) is 4.79. The number of nitrogens with zero attached hydrogens (tertiary/aromatic N) is 2. The second kappa shape index (κ2) is 11.6. The van der Waals surface area contributed by atoms with E-state index in [-0.39, 0.29) is 24.2 Å². The van der Waals surface area contributed by atoms with Crippen LogP contribution in [0.15, 0.2) is 22.9 Å². The minimum Gasteiger partial charge on any atom is -0.481 e. The van der Waals surface area contributed by atoms with E-state index < -0.39 is 12.0 Å². The number of rotatable bonds is 8. The van der Waals surface area contributed by atoms with Crippen molar-refractivity contribution in [3.05, 3.63) is 28.5 Å². The molecule has 1 unspecified atom stereocenters. The van der Waals surface area contributed by atoms with Crippen LogP contribution < -0.4 is 10.6 Å². The Hall–Kier alpha value is -2.00. The molecule has 2 atom stereocenters. The number of pyridine rings is 1. The molecular formula is C22H31BrN4O4. The zero-order chi connectivity index (χ0) is 22.2. The second-order valence-corrected chi connectivity index (χ2v) is 9.42. The Labute approximate surface area is 191 Å². The third-order valence-corrected chi connectivity index (χ3v) is 6.63. The van der Waals surface area contributed by atoms with E-state index in [4.69, 9.17) is 0 Å². The first-order valence-corrected chi connectivity index (χ1v) is 11.8. The Morgan fingerprint density at radius 1 is 1.26 bits per heavy atom. The Balaban J connectivity index is 1.55. The molecule has 31 heavy (non-hydrogen) atoms. The van der Waals surface area contributed by atoms with Gasteiger partial charge in [0.1, 0.15) is 0 Å². The van der Waals surface area contributed by atoms with Crippen LogP contribution in [-0.2, 0) is 14.4 Å². The number of aliphatic carboxylic acids is 1. The molecule has 0 saturated carbocycles. The van der Waals surface area contributed by atoms with Crippen molar-refractivity contribution in [3.63, 3.8) is 0 Å². The third-order valence-electron chi connectivity index (χ3n) is 6.19. The summed E-state index contributed by atoms with van der Waals surface area (Å²) in [6.45, 7) is 3.13. The molecule has 0 aliphatic carbocycles. The lowest BCUT2D eigenvalue weighted by molar-refractivity contribution is -0.138. The number of carbonyl (C=O) groups excluding carboxylic acids is 2. The van der Waals surface area contributed by atoms with Crippen molar-refractivity contribution in [1.29, 1.82) is 0 Å². The summed E-state index contributed by atoms with van der Waals surface area (Å²) >= 11 is 3.34. The maximum absolute atomic E-state index is 12.9. The number of hydrogen-bond acceptors (Lipinski definition) is 5. The van der Waals surface area contributed by atoms with Crippen molar-refractivity contribution in [2.75, 3.05) is 26.2 Å². The number of amides is 2. The average Bonchev–Trinajstić information content (AvgIpc) is 2.77. The number of carbonyl (C=O) groups is 3. The summed E-state index contributed by atoms with van der Waals surface area (Å²) in [5.74, 6) is -0.808. The van der Waals surface area contributed by atoms with E-state index in [2.05, 4.69) is 31.5 Å². The van der Waals surface area contributed by atoms with Gasteiger partial charge in [0.15, 0.2) is 0 Å². The van der Waals surface area contributed by atoms with Gasteiger partial charge >= 0.3 is 5.97 Å². The summed E-state index contributed by atoms with van der Waals surface area (Å²) in [4.78, 5) is 42.9. The van der Waals surface area contributed by atoms with E-state index in [0.717, 1.165) is 43.2 Å². The number of halogens is 1. The molecule has 2 saturated heterocycles. The molecule has 0 aromatic carbocycles. The van der Waals surface area contributed by atoms with Crippen molar-refractivity contribution in [3.8, 4) is 0 Å². The summed E-state index contributed by atoms with van der Waals surface area (Å²) < 4.78 is 0.720. The molecule has 170 valence electrons. The molecule has 0 radical (unpaired) electrons. The molecule has 1 aromatic heterocycles. The molecule has 2 aliphatic heterocycles. The minimum atomic E-state index is -0.997. The van der Waals surface area contributed by atoms with Crippen LogP contribution in [0.4, 0.5) is 0 Å². The average molecular weight is 495 g/mol. The molecule has 2 fully saturated rings. The molecule has 0 bridgehead atoms. The highest BCUT2D eigenvalue weighted by molar-refractivity contribution is 9.10.